The van der Waals surface area contributed by atoms with Crippen molar-refractivity contribution in [3.63, 3.8) is 0 Å². The standard InChI is InChI=1S/C15H22BrNO/c1-15(2,3)9-13(17-4)12-8-11(16)7-10-5-6-18-14(10)12/h7-8,13,17H,5-6,9H2,1-4H3. The first-order valence-electron chi connectivity index (χ1n) is 6.53. The lowest BCUT2D eigenvalue weighted by Crippen LogP contribution is -2.23. The number of fused-ring (bicyclic) bond motifs is 1. The molecule has 0 fully saturated rings. The molecule has 100 valence electrons. The summed E-state index contributed by atoms with van der Waals surface area (Å²) in [7, 11) is 2.03. The largest absolute Gasteiger partial charge is 0.493 e. The third-order valence-electron chi connectivity index (χ3n) is 3.32. The highest BCUT2D eigenvalue weighted by Gasteiger charge is 2.25. The van der Waals surface area contributed by atoms with Gasteiger partial charge in [-0.05, 0) is 36.6 Å². The minimum absolute atomic E-state index is 0.293. The molecule has 18 heavy (non-hydrogen) atoms. The van der Waals surface area contributed by atoms with Crippen LogP contribution in [0.15, 0.2) is 16.6 Å². The number of nitrogens with one attached hydrogen (secondary N) is 1. The lowest BCUT2D eigenvalue weighted by Gasteiger charge is -2.27. The van der Waals surface area contributed by atoms with Gasteiger partial charge in [-0.2, -0.15) is 0 Å². The third kappa shape index (κ3) is 3.07. The van der Waals surface area contributed by atoms with E-state index < -0.39 is 0 Å². The van der Waals surface area contributed by atoms with Crippen LogP contribution >= 0.6 is 15.9 Å². The monoisotopic (exact) mass is 311 g/mol. The smallest absolute Gasteiger partial charge is 0.127 e. The minimum atomic E-state index is 0.293. The van der Waals surface area contributed by atoms with Gasteiger partial charge in [0.25, 0.3) is 0 Å². The van der Waals surface area contributed by atoms with Crippen molar-refractivity contribution < 1.29 is 4.74 Å². The molecule has 0 spiro atoms. The summed E-state index contributed by atoms with van der Waals surface area (Å²) in [5.41, 5.74) is 2.91. The second-order valence-electron chi connectivity index (χ2n) is 6.19. The van der Waals surface area contributed by atoms with E-state index in [9.17, 15) is 0 Å². The molecule has 1 aliphatic heterocycles. The van der Waals surface area contributed by atoms with E-state index >= 15 is 0 Å². The number of halogens is 1. The topological polar surface area (TPSA) is 21.3 Å². The summed E-state index contributed by atoms with van der Waals surface area (Å²) in [6.07, 6.45) is 2.11. The number of hydrogen-bond donors (Lipinski definition) is 1. The average molecular weight is 312 g/mol. The van der Waals surface area contributed by atoms with E-state index in [1.54, 1.807) is 0 Å². The molecule has 1 N–H and O–H groups in total. The zero-order valence-electron chi connectivity index (χ0n) is 11.6. The van der Waals surface area contributed by atoms with E-state index in [1.165, 1.54) is 11.1 Å². The molecule has 1 heterocycles. The Kier molecular flexibility index (Phi) is 4.02. The van der Waals surface area contributed by atoms with Crippen LogP contribution in [0, 0.1) is 5.41 Å². The first kappa shape index (κ1) is 13.9. The van der Waals surface area contributed by atoms with Crippen molar-refractivity contribution in [1.82, 2.24) is 5.32 Å². The fourth-order valence-electron chi connectivity index (χ4n) is 2.54. The van der Waals surface area contributed by atoms with Gasteiger partial charge in [0.2, 0.25) is 0 Å². The highest BCUT2D eigenvalue weighted by molar-refractivity contribution is 9.10. The molecule has 1 unspecified atom stereocenters. The zero-order valence-corrected chi connectivity index (χ0v) is 13.2. The highest BCUT2D eigenvalue weighted by atomic mass is 79.9. The number of rotatable bonds is 3. The molecule has 1 aliphatic rings. The Labute approximate surface area is 118 Å². The van der Waals surface area contributed by atoms with Crippen LogP contribution in [0.2, 0.25) is 0 Å². The van der Waals surface area contributed by atoms with Gasteiger partial charge in [-0.1, -0.05) is 36.7 Å². The molecule has 0 saturated carbocycles. The lowest BCUT2D eigenvalue weighted by molar-refractivity contribution is 0.307. The normalized spacial score (nSPS) is 16.3. The first-order valence-corrected chi connectivity index (χ1v) is 7.32. The molecule has 0 aliphatic carbocycles. The van der Waals surface area contributed by atoms with Crippen LogP contribution in [0.25, 0.3) is 0 Å². The van der Waals surface area contributed by atoms with Gasteiger partial charge in [-0.15, -0.1) is 0 Å². The van der Waals surface area contributed by atoms with Crippen LogP contribution in [-0.4, -0.2) is 13.7 Å². The molecule has 0 radical (unpaired) electrons. The van der Waals surface area contributed by atoms with Gasteiger partial charge in [0, 0.05) is 22.5 Å². The fraction of sp³-hybridized carbons (Fsp3) is 0.600. The SMILES string of the molecule is CNC(CC(C)(C)C)c1cc(Br)cc2c1OCC2. The summed E-state index contributed by atoms with van der Waals surface area (Å²) in [5, 5.41) is 3.43. The Morgan fingerprint density at radius 2 is 2.11 bits per heavy atom. The van der Waals surface area contributed by atoms with E-state index in [4.69, 9.17) is 4.74 Å². The fourth-order valence-corrected chi connectivity index (χ4v) is 3.06. The van der Waals surface area contributed by atoms with Crippen LogP contribution in [-0.2, 0) is 6.42 Å². The maximum absolute atomic E-state index is 5.82. The van der Waals surface area contributed by atoms with Crippen molar-refractivity contribution in [3.8, 4) is 5.75 Å². The lowest BCUT2D eigenvalue weighted by atomic mass is 9.85. The van der Waals surface area contributed by atoms with E-state index in [-0.39, 0.29) is 0 Å². The highest BCUT2D eigenvalue weighted by Crippen LogP contribution is 2.40. The molecule has 0 amide bonds. The van der Waals surface area contributed by atoms with E-state index in [2.05, 4.69) is 54.2 Å². The number of benzene rings is 1. The van der Waals surface area contributed by atoms with Crippen LogP contribution in [0.4, 0.5) is 0 Å². The minimum Gasteiger partial charge on any atom is -0.493 e. The summed E-state index contributed by atoms with van der Waals surface area (Å²) in [6, 6.07) is 4.71. The first-order chi connectivity index (χ1) is 8.40. The van der Waals surface area contributed by atoms with Crippen molar-refractivity contribution >= 4 is 15.9 Å². The van der Waals surface area contributed by atoms with E-state index in [0.717, 1.165) is 29.7 Å². The van der Waals surface area contributed by atoms with Gasteiger partial charge >= 0.3 is 0 Å². The van der Waals surface area contributed by atoms with E-state index in [1.807, 2.05) is 7.05 Å². The molecule has 1 aromatic carbocycles. The molecule has 0 saturated heterocycles. The average Bonchev–Trinajstić information content (AvgIpc) is 2.71. The van der Waals surface area contributed by atoms with Gasteiger partial charge in [0.15, 0.2) is 0 Å². The third-order valence-corrected chi connectivity index (χ3v) is 3.78. The summed E-state index contributed by atoms with van der Waals surface area (Å²) in [5.74, 6) is 1.10. The Morgan fingerprint density at radius 3 is 2.72 bits per heavy atom. The Balaban J connectivity index is 2.36. The van der Waals surface area contributed by atoms with Gasteiger partial charge in [-0.3, -0.25) is 0 Å². The summed E-state index contributed by atoms with van der Waals surface area (Å²) in [4.78, 5) is 0. The van der Waals surface area contributed by atoms with Crippen molar-refractivity contribution in [2.45, 2.75) is 39.7 Å². The molecule has 1 aromatic rings. The maximum atomic E-state index is 5.82. The van der Waals surface area contributed by atoms with Gasteiger partial charge in [0.05, 0.1) is 6.61 Å². The van der Waals surface area contributed by atoms with Gasteiger partial charge in [-0.25, -0.2) is 0 Å². The van der Waals surface area contributed by atoms with Gasteiger partial charge < -0.3 is 10.1 Å². The van der Waals surface area contributed by atoms with Gasteiger partial charge in [0.1, 0.15) is 5.75 Å². The predicted molar refractivity (Wildman–Crippen MR) is 79.2 cm³/mol. The van der Waals surface area contributed by atoms with Crippen LogP contribution < -0.4 is 10.1 Å². The Hall–Kier alpha value is -0.540. The molecular weight excluding hydrogens is 290 g/mol. The molecule has 2 nitrogen and oxygen atoms in total. The Morgan fingerprint density at radius 1 is 1.39 bits per heavy atom. The van der Waals surface area contributed by atoms with Crippen molar-refractivity contribution in [1.29, 1.82) is 0 Å². The number of ether oxygens (including phenoxy) is 1. The van der Waals surface area contributed by atoms with Crippen LogP contribution in [0.5, 0.6) is 5.75 Å². The van der Waals surface area contributed by atoms with Crippen molar-refractivity contribution in [2.75, 3.05) is 13.7 Å². The maximum Gasteiger partial charge on any atom is 0.127 e. The van der Waals surface area contributed by atoms with E-state index in [0.29, 0.717) is 11.5 Å². The van der Waals surface area contributed by atoms with Crippen LogP contribution in [0.3, 0.4) is 0 Å². The van der Waals surface area contributed by atoms with Crippen molar-refractivity contribution in [2.24, 2.45) is 5.41 Å². The Bertz CT molecular complexity index is 437. The second kappa shape index (κ2) is 5.22. The van der Waals surface area contributed by atoms with Crippen molar-refractivity contribution in [3.05, 3.63) is 27.7 Å². The number of hydrogen-bond acceptors (Lipinski definition) is 2. The summed E-state index contributed by atoms with van der Waals surface area (Å²) in [6.45, 7) is 7.63. The van der Waals surface area contributed by atoms with Crippen LogP contribution in [0.1, 0.15) is 44.4 Å². The molecule has 1 atom stereocenters. The second-order valence-corrected chi connectivity index (χ2v) is 7.10. The molecule has 3 heteroatoms. The zero-order chi connectivity index (χ0) is 13.3. The quantitative estimate of drug-likeness (QED) is 0.908. The summed E-state index contributed by atoms with van der Waals surface area (Å²) < 4.78 is 6.97. The summed E-state index contributed by atoms with van der Waals surface area (Å²) >= 11 is 3.61. The molecule has 0 aromatic heterocycles. The molecular formula is C15H22BrNO. The predicted octanol–water partition coefficient (Wildman–Crippen LogP) is 4.08. The molecule has 2 rings (SSSR count). The molecule has 0 bridgehead atoms.